The van der Waals surface area contributed by atoms with E-state index >= 15 is 0 Å². The van der Waals surface area contributed by atoms with Gasteiger partial charge in [-0.2, -0.15) is 10.4 Å². The van der Waals surface area contributed by atoms with E-state index in [1.165, 1.54) is 16.9 Å². The highest BCUT2D eigenvalue weighted by molar-refractivity contribution is 7.14. The van der Waals surface area contributed by atoms with E-state index in [4.69, 9.17) is 10.2 Å². The SMILES string of the molecule is Cc1nn(CCNC(=O)c2csc(Nc3cccc(C4CCN(CC#N)CC4)n3)n2)c(C)c1C. The Balaban J connectivity index is 1.30. The Morgan fingerprint density at radius 1 is 1.24 bits per heavy atom. The number of amides is 1. The summed E-state index contributed by atoms with van der Waals surface area (Å²) in [5.41, 5.74) is 4.76. The summed E-state index contributed by atoms with van der Waals surface area (Å²) < 4.78 is 1.92. The van der Waals surface area contributed by atoms with Crippen molar-refractivity contribution in [2.24, 2.45) is 0 Å². The van der Waals surface area contributed by atoms with E-state index in [1.807, 2.05) is 30.7 Å². The maximum atomic E-state index is 12.5. The number of likely N-dealkylation sites (tertiary alicyclic amines) is 1. The zero-order valence-electron chi connectivity index (χ0n) is 19.8. The Kier molecular flexibility index (Phi) is 7.55. The number of nitriles is 1. The van der Waals surface area contributed by atoms with Gasteiger partial charge in [-0.1, -0.05) is 6.07 Å². The first-order valence-corrected chi connectivity index (χ1v) is 12.4. The van der Waals surface area contributed by atoms with Crippen LogP contribution in [0.5, 0.6) is 0 Å². The summed E-state index contributed by atoms with van der Waals surface area (Å²) in [6, 6.07) is 8.18. The van der Waals surface area contributed by atoms with Gasteiger partial charge in [0.25, 0.3) is 5.91 Å². The van der Waals surface area contributed by atoms with Crippen LogP contribution in [0.4, 0.5) is 10.9 Å². The van der Waals surface area contributed by atoms with E-state index in [1.54, 1.807) is 5.38 Å². The molecular formula is C24H30N8OS. The van der Waals surface area contributed by atoms with Crippen molar-refractivity contribution < 1.29 is 4.79 Å². The molecule has 1 aliphatic heterocycles. The molecule has 0 bridgehead atoms. The molecule has 4 rings (SSSR count). The number of pyridine rings is 1. The molecule has 3 aromatic rings. The molecule has 2 N–H and O–H groups in total. The van der Waals surface area contributed by atoms with Gasteiger partial charge < -0.3 is 10.6 Å². The zero-order chi connectivity index (χ0) is 24.1. The number of nitrogens with one attached hydrogen (secondary N) is 2. The minimum Gasteiger partial charge on any atom is -0.349 e. The zero-order valence-corrected chi connectivity index (χ0v) is 20.7. The first-order chi connectivity index (χ1) is 16.4. The molecule has 1 fully saturated rings. The predicted molar refractivity (Wildman–Crippen MR) is 132 cm³/mol. The lowest BCUT2D eigenvalue weighted by atomic mass is 9.93. The van der Waals surface area contributed by atoms with Crippen molar-refractivity contribution in [2.75, 3.05) is 31.5 Å². The van der Waals surface area contributed by atoms with Crippen molar-refractivity contribution >= 4 is 28.2 Å². The molecule has 1 aliphatic rings. The number of carbonyl (C=O) groups excluding carboxylic acids is 1. The van der Waals surface area contributed by atoms with Gasteiger partial charge in [0.05, 0.1) is 24.9 Å². The van der Waals surface area contributed by atoms with Crippen LogP contribution in [0.25, 0.3) is 0 Å². The van der Waals surface area contributed by atoms with E-state index in [0.29, 0.717) is 36.4 Å². The van der Waals surface area contributed by atoms with Crippen LogP contribution in [-0.2, 0) is 6.54 Å². The van der Waals surface area contributed by atoms with Gasteiger partial charge in [0.15, 0.2) is 5.13 Å². The second-order valence-electron chi connectivity index (χ2n) is 8.59. The molecule has 4 heterocycles. The van der Waals surface area contributed by atoms with Gasteiger partial charge in [-0.05, 0) is 64.4 Å². The van der Waals surface area contributed by atoms with E-state index in [9.17, 15) is 4.79 Å². The molecule has 0 radical (unpaired) electrons. The van der Waals surface area contributed by atoms with Crippen LogP contribution in [0.1, 0.15) is 51.9 Å². The molecule has 0 unspecified atom stereocenters. The predicted octanol–water partition coefficient (Wildman–Crippen LogP) is 3.54. The third-order valence-electron chi connectivity index (χ3n) is 6.40. The Hall–Kier alpha value is -3.29. The number of aromatic nitrogens is 4. The lowest BCUT2D eigenvalue weighted by Gasteiger charge is -2.29. The van der Waals surface area contributed by atoms with Crippen LogP contribution < -0.4 is 10.6 Å². The minimum atomic E-state index is -0.201. The van der Waals surface area contributed by atoms with Crippen molar-refractivity contribution in [2.45, 2.75) is 46.1 Å². The van der Waals surface area contributed by atoms with Gasteiger partial charge in [0, 0.05) is 29.2 Å². The van der Waals surface area contributed by atoms with Crippen LogP contribution >= 0.6 is 11.3 Å². The molecule has 0 aliphatic carbocycles. The summed E-state index contributed by atoms with van der Waals surface area (Å²) in [7, 11) is 0. The molecule has 9 nitrogen and oxygen atoms in total. The highest BCUT2D eigenvalue weighted by Crippen LogP contribution is 2.28. The average Bonchev–Trinajstić information content (AvgIpc) is 3.40. The van der Waals surface area contributed by atoms with Crippen LogP contribution in [0, 0.1) is 32.1 Å². The van der Waals surface area contributed by atoms with Crippen LogP contribution in [0.3, 0.4) is 0 Å². The number of carbonyl (C=O) groups is 1. The molecule has 0 saturated carbocycles. The largest absolute Gasteiger partial charge is 0.349 e. The standard InChI is InChI=1S/C24H30N8OS/c1-16-17(2)30-32(18(16)3)14-10-26-23(33)21-15-34-24(28-21)29-22-6-4-5-20(27-22)19-7-11-31(12-8-19)13-9-25/h4-6,15,19H,7-8,10-14H2,1-3H3,(H,26,33)(H,27,28,29). The van der Waals surface area contributed by atoms with E-state index in [0.717, 1.165) is 48.8 Å². The third-order valence-corrected chi connectivity index (χ3v) is 7.15. The highest BCUT2D eigenvalue weighted by atomic mass is 32.1. The topological polar surface area (TPSA) is 112 Å². The van der Waals surface area contributed by atoms with Crippen LogP contribution in [0.15, 0.2) is 23.6 Å². The number of rotatable bonds is 8. The van der Waals surface area contributed by atoms with Gasteiger partial charge in [0.2, 0.25) is 0 Å². The Labute approximate surface area is 203 Å². The number of thiazole rings is 1. The van der Waals surface area contributed by atoms with Gasteiger partial charge in [-0.25, -0.2) is 9.97 Å². The van der Waals surface area contributed by atoms with Gasteiger partial charge in [-0.3, -0.25) is 14.4 Å². The lowest BCUT2D eigenvalue weighted by molar-refractivity contribution is 0.0947. The number of piperidine rings is 1. The Bertz CT molecular complexity index is 1190. The Morgan fingerprint density at radius 3 is 2.74 bits per heavy atom. The third kappa shape index (κ3) is 5.61. The molecule has 0 aromatic carbocycles. The summed E-state index contributed by atoms with van der Waals surface area (Å²) in [6.45, 7) is 9.51. The van der Waals surface area contributed by atoms with E-state index in [-0.39, 0.29) is 5.91 Å². The highest BCUT2D eigenvalue weighted by Gasteiger charge is 2.21. The van der Waals surface area contributed by atoms with Crippen molar-refractivity contribution in [3.8, 4) is 6.07 Å². The first-order valence-electron chi connectivity index (χ1n) is 11.5. The van der Waals surface area contributed by atoms with Gasteiger partial charge in [0.1, 0.15) is 11.5 Å². The monoisotopic (exact) mass is 478 g/mol. The second kappa shape index (κ2) is 10.8. The molecule has 178 valence electrons. The molecule has 3 aromatic heterocycles. The second-order valence-corrected chi connectivity index (χ2v) is 9.45. The maximum Gasteiger partial charge on any atom is 0.270 e. The van der Waals surface area contributed by atoms with E-state index < -0.39 is 0 Å². The fraction of sp³-hybridized carbons (Fsp3) is 0.458. The molecule has 34 heavy (non-hydrogen) atoms. The lowest BCUT2D eigenvalue weighted by Crippen LogP contribution is -2.33. The Morgan fingerprint density at radius 2 is 2.03 bits per heavy atom. The first kappa shape index (κ1) is 23.9. The van der Waals surface area contributed by atoms with Gasteiger partial charge >= 0.3 is 0 Å². The summed E-state index contributed by atoms with van der Waals surface area (Å²) in [5, 5.41) is 21.9. The minimum absolute atomic E-state index is 0.201. The summed E-state index contributed by atoms with van der Waals surface area (Å²) >= 11 is 1.38. The summed E-state index contributed by atoms with van der Waals surface area (Å²) in [6.07, 6.45) is 1.99. The quantitative estimate of drug-likeness (QED) is 0.476. The molecule has 1 saturated heterocycles. The summed E-state index contributed by atoms with van der Waals surface area (Å²) in [5.74, 6) is 0.909. The normalized spacial score (nSPS) is 14.6. The van der Waals surface area contributed by atoms with Crippen LogP contribution in [0.2, 0.25) is 0 Å². The van der Waals surface area contributed by atoms with Crippen molar-refractivity contribution in [1.82, 2.24) is 30.0 Å². The number of hydrogen-bond acceptors (Lipinski definition) is 8. The number of anilines is 2. The molecule has 10 heteroatoms. The molecule has 0 spiro atoms. The molecule has 1 amide bonds. The average molecular weight is 479 g/mol. The van der Waals surface area contributed by atoms with Crippen molar-refractivity contribution in [3.63, 3.8) is 0 Å². The molecular weight excluding hydrogens is 448 g/mol. The van der Waals surface area contributed by atoms with Crippen molar-refractivity contribution in [1.29, 1.82) is 5.26 Å². The van der Waals surface area contributed by atoms with Gasteiger partial charge in [-0.15, -0.1) is 11.3 Å². The number of nitrogens with zero attached hydrogens (tertiary/aromatic N) is 6. The van der Waals surface area contributed by atoms with Crippen molar-refractivity contribution in [3.05, 3.63) is 51.9 Å². The van der Waals surface area contributed by atoms with E-state index in [2.05, 4.69) is 44.7 Å². The fourth-order valence-electron chi connectivity index (χ4n) is 4.15. The molecule has 0 atom stereocenters. The van der Waals surface area contributed by atoms with Crippen LogP contribution in [-0.4, -0.2) is 56.7 Å². The summed E-state index contributed by atoms with van der Waals surface area (Å²) in [4.78, 5) is 23.9. The number of aryl methyl sites for hydroxylation is 1. The fourth-order valence-corrected chi connectivity index (χ4v) is 4.85. The number of hydrogen-bond donors (Lipinski definition) is 2. The smallest absolute Gasteiger partial charge is 0.270 e. The maximum absolute atomic E-state index is 12.5.